The van der Waals surface area contributed by atoms with Crippen molar-refractivity contribution in [2.45, 2.75) is 33.1 Å². The summed E-state index contributed by atoms with van der Waals surface area (Å²) < 4.78 is 5.57. The Morgan fingerprint density at radius 2 is 2.04 bits per heavy atom. The Labute approximate surface area is 148 Å². The molecule has 0 saturated carbocycles. The minimum atomic E-state index is -0.136. The normalized spacial score (nSPS) is 14.7. The molecular formula is C19H25N3O3. The maximum atomic E-state index is 12.0. The zero-order valence-corrected chi connectivity index (χ0v) is 14.9. The van der Waals surface area contributed by atoms with Crippen LogP contribution in [0.3, 0.4) is 0 Å². The van der Waals surface area contributed by atoms with Gasteiger partial charge in [0.05, 0.1) is 6.07 Å². The van der Waals surface area contributed by atoms with Gasteiger partial charge >= 0.3 is 0 Å². The van der Waals surface area contributed by atoms with Gasteiger partial charge < -0.3 is 15.0 Å². The molecule has 1 aromatic rings. The number of carbonyl (C=O) groups is 2. The quantitative estimate of drug-likeness (QED) is 0.856. The van der Waals surface area contributed by atoms with Gasteiger partial charge in [0.2, 0.25) is 5.91 Å². The first kappa shape index (κ1) is 18.8. The van der Waals surface area contributed by atoms with Gasteiger partial charge in [-0.3, -0.25) is 9.59 Å². The van der Waals surface area contributed by atoms with Gasteiger partial charge in [-0.15, -0.1) is 0 Å². The number of nitriles is 1. The summed E-state index contributed by atoms with van der Waals surface area (Å²) in [6.45, 7) is 5.88. The highest BCUT2D eigenvalue weighted by Crippen LogP contribution is 2.19. The van der Waals surface area contributed by atoms with E-state index >= 15 is 0 Å². The SMILES string of the molecule is Cc1ccc(OCC(=O)NCC2CCN(C(=O)CC#N)CC2)c(C)c1. The molecule has 1 aromatic carbocycles. The fourth-order valence-corrected chi connectivity index (χ4v) is 2.98. The van der Waals surface area contributed by atoms with Crippen LogP contribution >= 0.6 is 0 Å². The maximum absolute atomic E-state index is 12.0. The average molecular weight is 343 g/mol. The van der Waals surface area contributed by atoms with Crippen molar-refractivity contribution in [1.82, 2.24) is 10.2 Å². The number of aryl methyl sites for hydroxylation is 2. The number of rotatable bonds is 6. The molecule has 1 aliphatic heterocycles. The van der Waals surface area contributed by atoms with Crippen molar-refractivity contribution in [1.29, 1.82) is 5.26 Å². The second kappa shape index (κ2) is 9.07. The number of hydrogen-bond donors (Lipinski definition) is 1. The Morgan fingerprint density at radius 1 is 1.32 bits per heavy atom. The second-order valence-electron chi connectivity index (χ2n) is 6.52. The van der Waals surface area contributed by atoms with Crippen LogP contribution in [0.5, 0.6) is 5.75 Å². The number of hydrogen-bond acceptors (Lipinski definition) is 4. The molecule has 0 radical (unpaired) electrons. The van der Waals surface area contributed by atoms with E-state index < -0.39 is 0 Å². The van der Waals surface area contributed by atoms with E-state index in [9.17, 15) is 9.59 Å². The van der Waals surface area contributed by atoms with E-state index in [-0.39, 0.29) is 24.8 Å². The van der Waals surface area contributed by atoms with Crippen LogP contribution in [-0.4, -0.2) is 43.0 Å². The predicted molar refractivity (Wildman–Crippen MR) is 94.0 cm³/mol. The first-order valence-electron chi connectivity index (χ1n) is 8.61. The van der Waals surface area contributed by atoms with Gasteiger partial charge in [0.1, 0.15) is 12.2 Å². The first-order valence-corrected chi connectivity index (χ1v) is 8.61. The monoisotopic (exact) mass is 343 g/mol. The van der Waals surface area contributed by atoms with Crippen LogP contribution in [0.2, 0.25) is 0 Å². The molecule has 1 heterocycles. The third-order valence-corrected chi connectivity index (χ3v) is 4.47. The molecule has 0 aromatic heterocycles. The Hall–Kier alpha value is -2.55. The van der Waals surface area contributed by atoms with Crippen molar-refractivity contribution >= 4 is 11.8 Å². The molecule has 0 bridgehead atoms. The van der Waals surface area contributed by atoms with Gasteiger partial charge in [0.25, 0.3) is 5.91 Å². The molecule has 6 nitrogen and oxygen atoms in total. The van der Waals surface area contributed by atoms with Crippen molar-refractivity contribution < 1.29 is 14.3 Å². The van der Waals surface area contributed by atoms with Crippen LogP contribution in [0.4, 0.5) is 0 Å². The van der Waals surface area contributed by atoms with Crippen molar-refractivity contribution in [3.05, 3.63) is 29.3 Å². The molecule has 134 valence electrons. The van der Waals surface area contributed by atoms with Gasteiger partial charge in [-0.1, -0.05) is 17.7 Å². The number of piperidine rings is 1. The highest BCUT2D eigenvalue weighted by Gasteiger charge is 2.22. The molecule has 6 heteroatoms. The summed E-state index contributed by atoms with van der Waals surface area (Å²) in [4.78, 5) is 25.3. The number of nitrogens with one attached hydrogen (secondary N) is 1. The molecule has 1 aliphatic rings. The van der Waals surface area contributed by atoms with E-state index in [0.29, 0.717) is 25.6 Å². The van der Waals surface area contributed by atoms with E-state index in [4.69, 9.17) is 10.00 Å². The van der Waals surface area contributed by atoms with Crippen molar-refractivity contribution in [2.75, 3.05) is 26.2 Å². The molecule has 2 rings (SSSR count). The van der Waals surface area contributed by atoms with Crippen LogP contribution in [0.15, 0.2) is 18.2 Å². The van der Waals surface area contributed by atoms with E-state index in [0.717, 1.165) is 29.7 Å². The minimum Gasteiger partial charge on any atom is -0.484 e. The third kappa shape index (κ3) is 5.79. The summed E-state index contributed by atoms with van der Waals surface area (Å²) in [5, 5.41) is 11.5. The Morgan fingerprint density at radius 3 is 2.68 bits per heavy atom. The lowest BCUT2D eigenvalue weighted by Gasteiger charge is -2.31. The van der Waals surface area contributed by atoms with E-state index in [2.05, 4.69) is 5.32 Å². The molecular weight excluding hydrogens is 318 g/mol. The van der Waals surface area contributed by atoms with Crippen molar-refractivity contribution in [3.63, 3.8) is 0 Å². The molecule has 1 fully saturated rings. The summed E-state index contributed by atoms with van der Waals surface area (Å²) in [7, 11) is 0. The van der Waals surface area contributed by atoms with Gasteiger partial charge in [-0.2, -0.15) is 5.26 Å². The zero-order chi connectivity index (χ0) is 18.2. The molecule has 25 heavy (non-hydrogen) atoms. The van der Waals surface area contributed by atoms with E-state index in [1.165, 1.54) is 0 Å². The molecule has 1 N–H and O–H groups in total. The number of benzene rings is 1. The first-order chi connectivity index (χ1) is 12.0. The fourth-order valence-electron chi connectivity index (χ4n) is 2.98. The van der Waals surface area contributed by atoms with Gasteiger partial charge in [-0.05, 0) is 44.2 Å². The lowest BCUT2D eigenvalue weighted by Crippen LogP contribution is -2.42. The standard InChI is InChI=1S/C19H25N3O3/c1-14-3-4-17(15(2)11-14)25-13-18(23)21-12-16-6-9-22(10-7-16)19(24)5-8-20/h3-4,11,16H,5-7,9-10,12-13H2,1-2H3,(H,21,23). The molecule has 1 saturated heterocycles. The van der Waals surface area contributed by atoms with E-state index in [1.54, 1.807) is 4.90 Å². The molecule has 0 spiro atoms. The highest BCUT2D eigenvalue weighted by atomic mass is 16.5. The minimum absolute atomic E-state index is 0.00337. The van der Waals surface area contributed by atoms with Crippen molar-refractivity contribution in [3.8, 4) is 11.8 Å². The number of likely N-dealkylation sites (tertiary alicyclic amines) is 1. The number of ether oxygens (including phenoxy) is 1. The summed E-state index contributed by atoms with van der Waals surface area (Å²) in [6.07, 6.45) is 1.63. The Balaban J connectivity index is 1.67. The van der Waals surface area contributed by atoms with Crippen molar-refractivity contribution in [2.24, 2.45) is 5.92 Å². The molecule has 0 atom stereocenters. The average Bonchev–Trinajstić information content (AvgIpc) is 2.60. The summed E-state index contributed by atoms with van der Waals surface area (Å²) >= 11 is 0. The fraction of sp³-hybridized carbons (Fsp3) is 0.526. The molecule has 0 unspecified atom stereocenters. The van der Waals surface area contributed by atoms with Crippen LogP contribution in [-0.2, 0) is 9.59 Å². The highest BCUT2D eigenvalue weighted by molar-refractivity contribution is 5.78. The maximum Gasteiger partial charge on any atom is 0.257 e. The van der Waals surface area contributed by atoms with Crippen LogP contribution in [0.25, 0.3) is 0 Å². The Kier molecular flexibility index (Phi) is 6.81. The number of carbonyl (C=O) groups excluding carboxylic acids is 2. The summed E-state index contributed by atoms with van der Waals surface area (Å²) in [5.41, 5.74) is 2.18. The Bertz CT molecular complexity index is 658. The van der Waals surface area contributed by atoms with Gasteiger partial charge in [0, 0.05) is 19.6 Å². The lowest BCUT2D eigenvalue weighted by atomic mass is 9.96. The van der Waals surface area contributed by atoms with Crippen LogP contribution in [0, 0.1) is 31.1 Å². The van der Waals surface area contributed by atoms with E-state index in [1.807, 2.05) is 38.1 Å². The smallest absolute Gasteiger partial charge is 0.257 e. The van der Waals surface area contributed by atoms with Gasteiger partial charge in [-0.25, -0.2) is 0 Å². The number of amides is 2. The largest absolute Gasteiger partial charge is 0.484 e. The third-order valence-electron chi connectivity index (χ3n) is 4.47. The summed E-state index contributed by atoms with van der Waals surface area (Å²) in [6, 6.07) is 7.75. The molecule has 0 aliphatic carbocycles. The molecule has 2 amide bonds. The van der Waals surface area contributed by atoms with Crippen LogP contribution in [0.1, 0.15) is 30.4 Å². The predicted octanol–water partition coefficient (Wildman–Crippen LogP) is 1.95. The van der Waals surface area contributed by atoms with Crippen LogP contribution < -0.4 is 10.1 Å². The lowest BCUT2D eigenvalue weighted by molar-refractivity contribution is -0.131. The van der Waals surface area contributed by atoms with Gasteiger partial charge in [0.15, 0.2) is 6.61 Å². The topological polar surface area (TPSA) is 82.4 Å². The second-order valence-corrected chi connectivity index (χ2v) is 6.52. The zero-order valence-electron chi connectivity index (χ0n) is 14.9. The summed E-state index contributed by atoms with van der Waals surface area (Å²) in [5.74, 6) is 0.844. The number of nitrogens with zero attached hydrogens (tertiary/aromatic N) is 2.